The summed E-state index contributed by atoms with van der Waals surface area (Å²) in [6.45, 7) is 1.62. The number of aromatic carboxylic acids is 1. The molecule has 1 amide bonds. The summed E-state index contributed by atoms with van der Waals surface area (Å²) in [5.41, 5.74) is 1.96. The number of carboxylic acids is 1. The molecular weight excluding hydrogens is 434 g/mol. The predicted molar refractivity (Wildman–Crippen MR) is 112 cm³/mol. The highest BCUT2D eigenvalue weighted by molar-refractivity contribution is 5.88. The van der Waals surface area contributed by atoms with E-state index in [1.807, 2.05) is 0 Å². The molecule has 0 bridgehead atoms. The quantitative estimate of drug-likeness (QED) is 0.637. The molecule has 8 nitrogen and oxygen atoms in total. The summed E-state index contributed by atoms with van der Waals surface area (Å²) < 4.78 is 34.6. The number of nitrogens with zero attached hydrogens (tertiary/aromatic N) is 4. The first kappa shape index (κ1) is 21.0. The zero-order chi connectivity index (χ0) is 23.1. The number of carbonyl (C=O) groups excluding carboxylic acids is 1. The Morgan fingerprint density at radius 1 is 1.18 bits per heavy atom. The minimum atomic E-state index is -0.991. The third-order valence-electron chi connectivity index (χ3n) is 6.04. The van der Waals surface area contributed by atoms with Crippen molar-refractivity contribution >= 4 is 11.9 Å². The molecule has 0 saturated carbocycles. The molecule has 2 atom stereocenters. The van der Waals surface area contributed by atoms with Gasteiger partial charge in [-0.15, -0.1) is 5.10 Å². The van der Waals surface area contributed by atoms with Gasteiger partial charge in [-0.05, 0) is 30.5 Å². The third-order valence-corrected chi connectivity index (χ3v) is 6.04. The number of benzene rings is 2. The van der Waals surface area contributed by atoms with E-state index in [0.29, 0.717) is 30.9 Å². The largest absolute Gasteiger partial charge is 0.478 e. The first-order valence-electron chi connectivity index (χ1n) is 10.5. The molecule has 0 radical (unpaired) electrons. The Bertz CT molecular complexity index is 1230. The number of hydrogen-bond donors (Lipinski definition) is 1. The van der Waals surface area contributed by atoms with Crippen LogP contribution >= 0.6 is 0 Å². The molecule has 1 aromatic heterocycles. The maximum absolute atomic E-state index is 13.9. The first-order chi connectivity index (χ1) is 15.9. The molecule has 2 aliphatic heterocycles. The zero-order valence-electron chi connectivity index (χ0n) is 17.4. The van der Waals surface area contributed by atoms with E-state index in [0.717, 1.165) is 18.1 Å². The van der Waals surface area contributed by atoms with Gasteiger partial charge in [0.2, 0.25) is 0 Å². The normalized spacial score (nSPS) is 19.4. The molecule has 2 aliphatic rings. The first-order valence-corrected chi connectivity index (χ1v) is 10.5. The standard InChI is InChI=1S/C23H20F2N4O4/c24-17-7-16-8-20(33-21(16)18(25)9-17)22(30)28-6-5-13(10-28)11-29-12-19(26-27-29)14-1-3-15(4-2-14)23(31)32/h1-4,7,9,12-13,20H,5-6,8,10-11H2,(H,31,32). The number of ether oxygens (including phenoxy) is 1. The van der Waals surface area contributed by atoms with Gasteiger partial charge in [-0.2, -0.15) is 0 Å². The Kier molecular flexibility index (Phi) is 5.27. The van der Waals surface area contributed by atoms with Crippen molar-refractivity contribution in [3.05, 3.63) is 65.4 Å². The number of hydrogen-bond acceptors (Lipinski definition) is 5. The number of amides is 1. The fourth-order valence-corrected chi connectivity index (χ4v) is 4.37. The molecule has 170 valence electrons. The number of carboxylic acid groups (broad SMARTS) is 1. The summed E-state index contributed by atoms with van der Waals surface area (Å²) in [6.07, 6.45) is 1.87. The van der Waals surface area contributed by atoms with E-state index in [4.69, 9.17) is 9.84 Å². The SMILES string of the molecule is O=C(O)c1ccc(-c2cn(CC3CCN(C(=O)C4Cc5cc(F)cc(F)c5O4)C3)nn2)cc1. The van der Waals surface area contributed by atoms with Crippen LogP contribution in [0.4, 0.5) is 8.78 Å². The number of likely N-dealkylation sites (tertiary alicyclic amines) is 1. The summed E-state index contributed by atoms with van der Waals surface area (Å²) in [4.78, 5) is 25.6. The van der Waals surface area contributed by atoms with E-state index < -0.39 is 23.7 Å². The Morgan fingerprint density at radius 3 is 2.73 bits per heavy atom. The second-order valence-electron chi connectivity index (χ2n) is 8.33. The smallest absolute Gasteiger partial charge is 0.335 e. The van der Waals surface area contributed by atoms with Crippen molar-refractivity contribution < 1.29 is 28.2 Å². The summed E-state index contributed by atoms with van der Waals surface area (Å²) in [5, 5.41) is 17.3. The van der Waals surface area contributed by atoms with Crippen LogP contribution in [0, 0.1) is 17.6 Å². The monoisotopic (exact) mass is 454 g/mol. The van der Waals surface area contributed by atoms with Crippen molar-refractivity contribution in [1.82, 2.24) is 19.9 Å². The van der Waals surface area contributed by atoms with Gasteiger partial charge in [-0.3, -0.25) is 9.48 Å². The minimum absolute atomic E-state index is 0.0444. The average Bonchev–Trinajstić information content (AvgIpc) is 3.53. The maximum Gasteiger partial charge on any atom is 0.335 e. The van der Waals surface area contributed by atoms with E-state index in [9.17, 15) is 18.4 Å². The van der Waals surface area contributed by atoms with Crippen molar-refractivity contribution in [2.45, 2.75) is 25.5 Å². The van der Waals surface area contributed by atoms with Gasteiger partial charge in [0.1, 0.15) is 11.5 Å². The molecule has 1 N–H and O–H groups in total. The lowest BCUT2D eigenvalue weighted by atomic mass is 10.1. The highest BCUT2D eigenvalue weighted by Gasteiger charge is 2.37. The number of carbonyl (C=O) groups is 2. The van der Waals surface area contributed by atoms with E-state index in [1.54, 1.807) is 27.9 Å². The van der Waals surface area contributed by atoms with Gasteiger partial charge in [0.25, 0.3) is 5.91 Å². The fourth-order valence-electron chi connectivity index (χ4n) is 4.37. The Hall–Kier alpha value is -3.82. The van der Waals surface area contributed by atoms with Crippen molar-refractivity contribution in [2.75, 3.05) is 13.1 Å². The lowest BCUT2D eigenvalue weighted by Gasteiger charge is -2.20. The predicted octanol–water partition coefficient (Wildman–Crippen LogP) is 2.77. The van der Waals surface area contributed by atoms with Crippen molar-refractivity contribution in [2.24, 2.45) is 5.92 Å². The molecule has 1 saturated heterocycles. The van der Waals surface area contributed by atoms with Gasteiger partial charge < -0.3 is 14.7 Å². The van der Waals surface area contributed by atoms with Crippen LogP contribution in [0.15, 0.2) is 42.6 Å². The van der Waals surface area contributed by atoms with Gasteiger partial charge in [-0.25, -0.2) is 13.6 Å². The second kappa shape index (κ2) is 8.27. The van der Waals surface area contributed by atoms with E-state index in [-0.39, 0.29) is 29.6 Å². The van der Waals surface area contributed by atoms with E-state index >= 15 is 0 Å². The highest BCUT2D eigenvalue weighted by Crippen LogP contribution is 2.34. The van der Waals surface area contributed by atoms with Crippen molar-refractivity contribution in [3.8, 4) is 17.0 Å². The van der Waals surface area contributed by atoms with Crippen LogP contribution in [0.5, 0.6) is 5.75 Å². The topological polar surface area (TPSA) is 97.5 Å². The molecular formula is C23H20F2N4O4. The second-order valence-corrected chi connectivity index (χ2v) is 8.33. The molecule has 5 rings (SSSR count). The van der Waals surface area contributed by atoms with Crippen LogP contribution < -0.4 is 4.74 Å². The van der Waals surface area contributed by atoms with Crippen molar-refractivity contribution in [3.63, 3.8) is 0 Å². The molecule has 3 aromatic rings. The van der Waals surface area contributed by atoms with Gasteiger partial charge in [0.15, 0.2) is 17.7 Å². The molecule has 10 heteroatoms. The number of rotatable bonds is 5. The Morgan fingerprint density at radius 2 is 1.97 bits per heavy atom. The van der Waals surface area contributed by atoms with Crippen molar-refractivity contribution in [1.29, 1.82) is 0 Å². The lowest BCUT2D eigenvalue weighted by Crippen LogP contribution is -2.40. The number of halogens is 2. The summed E-state index contributed by atoms with van der Waals surface area (Å²) in [7, 11) is 0. The molecule has 3 heterocycles. The fraction of sp³-hybridized carbons (Fsp3) is 0.304. The Balaban J connectivity index is 1.19. The van der Waals surface area contributed by atoms with Crippen LogP contribution in [0.2, 0.25) is 0 Å². The molecule has 2 aromatic carbocycles. The molecule has 0 spiro atoms. The van der Waals surface area contributed by atoms with E-state index in [1.165, 1.54) is 18.2 Å². The molecule has 2 unspecified atom stereocenters. The maximum atomic E-state index is 13.9. The van der Waals surface area contributed by atoms with Gasteiger partial charge >= 0.3 is 5.97 Å². The highest BCUT2D eigenvalue weighted by atomic mass is 19.1. The Labute approximate surface area is 187 Å². The molecule has 1 fully saturated rings. The average molecular weight is 454 g/mol. The third kappa shape index (κ3) is 4.15. The summed E-state index contributed by atoms with van der Waals surface area (Å²) in [6, 6.07) is 8.35. The molecule has 0 aliphatic carbocycles. The van der Waals surface area contributed by atoms with Crippen LogP contribution in [-0.2, 0) is 17.8 Å². The summed E-state index contributed by atoms with van der Waals surface area (Å²) >= 11 is 0. The van der Waals surface area contributed by atoms with E-state index in [2.05, 4.69) is 10.3 Å². The van der Waals surface area contributed by atoms with Crippen LogP contribution in [0.3, 0.4) is 0 Å². The summed E-state index contributed by atoms with van der Waals surface area (Å²) in [5.74, 6) is -2.58. The molecule has 33 heavy (non-hydrogen) atoms. The van der Waals surface area contributed by atoms with Gasteiger partial charge in [0.05, 0.1) is 11.8 Å². The van der Waals surface area contributed by atoms with Gasteiger partial charge in [-0.1, -0.05) is 17.3 Å². The lowest BCUT2D eigenvalue weighted by molar-refractivity contribution is -0.137. The van der Waals surface area contributed by atoms with Crippen LogP contribution in [-0.4, -0.2) is 56.1 Å². The number of fused-ring (bicyclic) bond motifs is 1. The van der Waals surface area contributed by atoms with Crippen LogP contribution in [0.25, 0.3) is 11.3 Å². The van der Waals surface area contributed by atoms with Gasteiger partial charge in [0, 0.05) is 43.2 Å². The zero-order valence-corrected chi connectivity index (χ0v) is 17.4. The van der Waals surface area contributed by atoms with Crippen LogP contribution in [0.1, 0.15) is 22.3 Å². The number of aromatic nitrogens is 3. The minimum Gasteiger partial charge on any atom is -0.478 e.